The first-order valence-corrected chi connectivity index (χ1v) is 7.67. The number of thiocarbonyl (C=S) groups is 1. The zero-order valence-electron chi connectivity index (χ0n) is 11.4. The zero-order chi connectivity index (χ0) is 14.7. The van der Waals surface area contributed by atoms with Crippen LogP contribution in [0, 0.1) is 0 Å². The number of hydrogen-bond acceptors (Lipinski definition) is 3. The Bertz CT molecular complexity index is 834. The number of benzene rings is 2. The van der Waals surface area contributed by atoms with Crippen molar-refractivity contribution < 1.29 is 0 Å². The first kappa shape index (κ1) is 13.8. The molecule has 0 saturated heterocycles. The Labute approximate surface area is 131 Å². The molecule has 0 atom stereocenters. The van der Waals surface area contributed by atoms with Gasteiger partial charge in [-0.05, 0) is 36.5 Å². The molecule has 0 radical (unpaired) electrons. The molecule has 2 aromatic carbocycles. The van der Waals surface area contributed by atoms with Gasteiger partial charge in [-0.3, -0.25) is 5.43 Å². The Hall–Kier alpha value is -2.18. The number of nitrogens with zero attached hydrogens (tertiary/aromatic N) is 2. The van der Waals surface area contributed by atoms with Crippen molar-refractivity contribution in [2.24, 2.45) is 12.1 Å². The molecule has 0 unspecified atom stereocenters. The summed E-state index contributed by atoms with van der Waals surface area (Å²) in [6.45, 7) is 0. The lowest BCUT2D eigenvalue weighted by Crippen LogP contribution is -2.27. The van der Waals surface area contributed by atoms with E-state index in [2.05, 4.69) is 28.0 Å². The average molecular weight is 314 g/mol. The number of aromatic nitrogens is 1. The normalized spacial score (nSPS) is 11.6. The van der Waals surface area contributed by atoms with Crippen LogP contribution in [0.15, 0.2) is 59.7 Å². The van der Waals surface area contributed by atoms with Crippen LogP contribution in [0.25, 0.3) is 10.2 Å². The van der Waals surface area contributed by atoms with Gasteiger partial charge in [0, 0.05) is 12.7 Å². The van der Waals surface area contributed by atoms with Gasteiger partial charge < -0.3 is 9.88 Å². The molecule has 3 rings (SSSR count). The van der Waals surface area contributed by atoms with E-state index < -0.39 is 0 Å². The van der Waals surface area contributed by atoms with Crippen molar-refractivity contribution in [2.75, 3.05) is 5.32 Å². The summed E-state index contributed by atoms with van der Waals surface area (Å²) in [7, 11) is 1.99. The summed E-state index contributed by atoms with van der Waals surface area (Å²) in [6, 6.07) is 18.0. The van der Waals surface area contributed by atoms with Crippen LogP contribution in [0.2, 0.25) is 0 Å². The Balaban J connectivity index is 1.78. The van der Waals surface area contributed by atoms with Crippen molar-refractivity contribution in [3.05, 3.63) is 59.4 Å². The fourth-order valence-electron chi connectivity index (χ4n) is 1.97. The highest BCUT2D eigenvalue weighted by Crippen LogP contribution is 2.14. The van der Waals surface area contributed by atoms with E-state index in [0.29, 0.717) is 5.11 Å². The van der Waals surface area contributed by atoms with Crippen LogP contribution in [-0.2, 0) is 7.05 Å². The molecule has 106 valence electrons. The summed E-state index contributed by atoms with van der Waals surface area (Å²) < 4.78 is 3.24. The molecule has 4 nitrogen and oxygen atoms in total. The molecule has 0 bridgehead atoms. The molecule has 0 spiro atoms. The minimum absolute atomic E-state index is 0.471. The number of hydrogen-bond donors (Lipinski definition) is 2. The smallest absolute Gasteiger partial charge is 0.209 e. The molecule has 21 heavy (non-hydrogen) atoms. The number of nitrogens with one attached hydrogen (secondary N) is 2. The lowest BCUT2D eigenvalue weighted by molar-refractivity contribution is 0.853. The molecule has 0 saturated carbocycles. The number of aryl methyl sites for hydroxylation is 1. The highest BCUT2D eigenvalue weighted by atomic mass is 32.1. The minimum atomic E-state index is 0.471. The number of para-hydroxylation sites is 2. The highest BCUT2D eigenvalue weighted by molar-refractivity contribution is 7.80. The van der Waals surface area contributed by atoms with Crippen LogP contribution in [-0.4, -0.2) is 9.68 Å². The van der Waals surface area contributed by atoms with Crippen molar-refractivity contribution in [1.82, 2.24) is 9.99 Å². The van der Waals surface area contributed by atoms with Gasteiger partial charge in [0.2, 0.25) is 4.80 Å². The van der Waals surface area contributed by atoms with Crippen molar-refractivity contribution in [3.8, 4) is 0 Å². The van der Waals surface area contributed by atoms with Gasteiger partial charge in [0.05, 0.1) is 10.2 Å². The van der Waals surface area contributed by atoms with Crippen LogP contribution >= 0.6 is 23.6 Å². The second-order valence-electron chi connectivity index (χ2n) is 4.46. The van der Waals surface area contributed by atoms with Crippen molar-refractivity contribution in [3.63, 3.8) is 0 Å². The summed E-state index contributed by atoms with van der Waals surface area (Å²) in [5.74, 6) is 0. The molecular weight excluding hydrogens is 300 g/mol. The summed E-state index contributed by atoms with van der Waals surface area (Å²) >= 11 is 6.86. The van der Waals surface area contributed by atoms with E-state index in [1.54, 1.807) is 11.3 Å². The van der Waals surface area contributed by atoms with E-state index in [-0.39, 0.29) is 0 Å². The number of thiazole rings is 1. The third-order valence-electron chi connectivity index (χ3n) is 3.00. The van der Waals surface area contributed by atoms with E-state index in [9.17, 15) is 0 Å². The SMILES string of the molecule is Cn1c(=NNC(=S)Nc2ccccc2)sc2ccccc21. The second kappa shape index (κ2) is 6.07. The van der Waals surface area contributed by atoms with Gasteiger partial charge in [-0.2, -0.15) is 0 Å². The van der Waals surface area contributed by atoms with E-state index in [1.807, 2.05) is 54.1 Å². The Kier molecular flexibility index (Phi) is 3.98. The Morgan fingerprint density at radius 3 is 2.57 bits per heavy atom. The molecule has 0 fully saturated rings. The summed E-state index contributed by atoms with van der Waals surface area (Å²) in [5.41, 5.74) is 4.98. The van der Waals surface area contributed by atoms with Crippen LogP contribution in [0.4, 0.5) is 5.69 Å². The number of rotatable bonds is 2. The van der Waals surface area contributed by atoms with E-state index in [4.69, 9.17) is 12.2 Å². The molecule has 0 amide bonds. The van der Waals surface area contributed by atoms with Gasteiger partial charge in [0.25, 0.3) is 0 Å². The summed E-state index contributed by atoms with van der Waals surface area (Å²) in [4.78, 5) is 0.869. The number of fused-ring (bicyclic) bond motifs is 1. The summed E-state index contributed by atoms with van der Waals surface area (Å²) in [5, 5.41) is 7.93. The monoisotopic (exact) mass is 314 g/mol. The predicted molar refractivity (Wildman–Crippen MR) is 92.2 cm³/mol. The van der Waals surface area contributed by atoms with E-state index in [1.165, 1.54) is 4.70 Å². The topological polar surface area (TPSA) is 41.4 Å². The van der Waals surface area contributed by atoms with Crippen LogP contribution in [0.1, 0.15) is 0 Å². The van der Waals surface area contributed by atoms with Crippen molar-refractivity contribution in [2.45, 2.75) is 0 Å². The number of anilines is 1. The quantitative estimate of drug-likeness (QED) is 0.564. The molecule has 2 N–H and O–H groups in total. The molecular formula is C15H14N4S2. The van der Waals surface area contributed by atoms with Crippen LogP contribution in [0.3, 0.4) is 0 Å². The maximum atomic E-state index is 5.24. The molecule has 1 aromatic heterocycles. The highest BCUT2D eigenvalue weighted by Gasteiger charge is 2.01. The van der Waals surface area contributed by atoms with Crippen molar-refractivity contribution >= 4 is 44.6 Å². The average Bonchev–Trinajstić information content (AvgIpc) is 2.83. The first-order chi connectivity index (χ1) is 10.2. The fourth-order valence-corrected chi connectivity index (χ4v) is 3.11. The molecule has 1 heterocycles. The predicted octanol–water partition coefficient (Wildman–Crippen LogP) is 3.04. The first-order valence-electron chi connectivity index (χ1n) is 6.44. The van der Waals surface area contributed by atoms with Crippen LogP contribution in [0.5, 0.6) is 0 Å². The fraction of sp³-hybridized carbons (Fsp3) is 0.0667. The van der Waals surface area contributed by atoms with E-state index in [0.717, 1.165) is 16.0 Å². The maximum absolute atomic E-state index is 5.24. The third-order valence-corrected chi connectivity index (χ3v) is 4.31. The summed E-state index contributed by atoms with van der Waals surface area (Å²) in [6.07, 6.45) is 0. The van der Waals surface area contributed by atoms with E-state index >= 15 is 0 Å². The third kappa shape index (κ3) is 3.12. The molecule has 0 aliphatic heterocycles. The zero-order valence-corrected chi connectivity index (χ0v) is 13.0. The second-order valence-corrected chi connectivity index (χ2v) is 5.87. The van der Waals surface area contributed by atoms with Gasteiger partial charge in [-0.1, -0.05) is 41.7 Å². The lowest BCUT2D eigenvalue weighted by Gasteiger charge is -2.05. The minimum Gasteiger partial charge on any atom is -0.331 e. The Morgan fingerprint density at radius 1 is 1.10 bits per heavy atom. The molecule has 3 aromatic rings. The van der Waals surface area contributed by atoms with Gasteiger partial charge in [0.1, 0.15) is 0 Å². The Morgan fingerprint density at radius 2 is 1.81 bits per heavy atom. The van der Waals surface area contributed by atoms with Gasteiger partial charge in [-0.25, -0.2) is 0 Å². The van der Waals surface area contributed by atoms with Gasteiger partial charge >= 0.3 is 0 Å². The van der Waals surface area contributed by atoms with Crippen molar-refractivity contribution in [1.29, 1.82) is 0 Å². The largest absolute Gasteiger partial charge is 0.331 e. The molecule has 6 heteroatoms. The molecule has 0 aliphatic rings. The molecule has 0 aliphatic carbocycles. The van der Waals surface area contributed by atoms with Crippen LogP contribution < -0.4 is 15.5 Å². The van der Waals surface area contributed by atoms with Gasteiger partial charge in [-0.15, -0.1) is 5.10 Å². The van der Waals surface area contributed by atoms with Gasteiger partial charge in [0.15, 0.2) is 5.11 Å². The standard InChI is InChI=1S/C15H14N4S2/c1-19-12-9-5-6-10-13(12)21-15(19)18-17-14(20)16-11-7-3-2-4-8-11/h2-10H,1H3,(H2,16,17,20). The maximum Gasteiger partial charge on any atom is 0.209 e. The lowest BCUT2D eigenvalue weighted by atomic mass is 10.3.